The SMILES string of the molecule is CCCCCCc1ccc(NC(=O)C2CSc3ccccc3C2=O)cc1. The molecule has 0 saturated carbocycles. The molecule has 0 aromatic heterocycles. The van der Waals surface area contributed by atoms with Crippen molar-refractivity contribution in [2.75, 3.05) is 11.1 Å². The van der Waals surface area contributed by atoms with E-state index in [4.69, 9.17) is 0 Å². The molecule has 2 aromatic carbocycles. The summed E-state index contributed by atoms with van der Waals surface area (Å²) in [5.74, 6) is -0.419. The lowest BCUT2D eigenvalue weighted by Gasteiger charge is -2.22. The molecule has 4 heteroatoms. The maximum Gasteiger partial charge on any atom is 0.236 e. The number of ketones is 1. The van der Waals surface area contributed by atoms with E-state index in [0.717, 1.165) is 17.0 Å². The van der Waals surface area contributed by atoms with E-state index in [1.807, 2.05) is 30.3 Å². The van der Waals surface area contributed by atoms with Crippen molar-refractivity contribution in [2.45, 2.75) is 43.9 Å². The van der Waals surface area contributed by atoms with Crippen LogP contribution in [0.25, 0.3) is 0 Å². The Bertz CT molecular complexity index is 770. The fourth-order valence-electron chi connectivity index (χ4n) is 3.17. The lowest BCUT2D eigenvalue weighted by molar-refractivity contribution is -0.118. The smallest absolute Gasteiger partial charge is 0.236 e. The molecule has 0 radical (unpaired) electrons. The Kier molecular flexibility index (Phi) is 6.51. The molecule has 1 aliphatic heterocycles. The molecule has 1 amide bonds. The van der Waals surface area contributed by atoms with Gasteiger partial charge in [-0.05, 0) is 36.6 Å². The van der Waals surface area contributed by atoms with Crippen LogP contribution in [0.5, 0.6) is 0 Å². The number of carbonyl (C=O) groups excluding carboxylic acids is 2. The van der Waals surface area contributed by atoms with Crippen molar-refractivity contribution in [3.63, 3.8) is 0 Å². The second-order valence-corrected chi connectivity index (χ2v) is 7.78. The molecule has 26 heavy (non-hydrogen) atoms. The van der Waals surface area contributed by atoms with Crippen LogP contribution in [-0.2, 0) is 11.2 Å². The van der Waals surface area contributed by atoms with Crippen molar-refractivity contribution < 1.29 is 9.59 Å². The molecule has 1 heterocycles. The van der Waals surface area contributed by atoms with Crippen molar-refractivity contribution in [3.05, 3.63) is 59.7 Å². The van der Waals surface area contributed by atoms with E-state index in [9.17, 15) is 9.59 Å². The molecule has 0 bridgehead atoms. The van der Waals surface area contributed by atoms with E-state index >= 15 is 0 Å². The first-order valence-corrected chi connectivity index (χ1v) is 10.3. The predicted octanol–water partition coefficient (Wildman–Crippen LogP) is 5.35. The largest absolute Gasteiger partial charge is 0.325 e. The van der Waals surface area contributed by atoms with E-state index in [0.29, 0.717) is 11.3 Å². The van der Waals surface area contributed by atoms with Gasteiger partial charge in [-0.3, -0.25) is 9.59 Å². The highest BCUT2D eigenvalue weighted by Gasteiger charge is 2.33. The van der Waals surface area contributed by atoms with Crippen LogP contribution < -0.4 is 5.32 Å². The molecule has 0 saturated heterocycles. The van der Waals surface area contributed by atoms with Crippen molar-refractivity contribution in [1.29, 1.82) is 0 Å². The fraction of sp³-hybridized carbons (Fsp3) is 0.364. The monoisotopic (exact) mass is 367 g/mol. The Morgan fingerprint density at radius 1 is 1.08 bits per heavy atom. The van der Waals surface area contributed by atoms with E-state index in [1.165, 1.54) is 31.2 Å². The number of thioether (sulfide) groups is 1. The summed E-state index contributed by atoms with van der Waals surface area (Å²) in [6.45, 7) is 2.21. The van der Waals surface area contributed by atoms with Gasteiger partial charge in [-0.2, -0.15) is 0 Å². The lowest BCUT2D eigenvalue weighted by atomic mass is 9.97. The minimum absolute atomic E-state index is 0.0793. The van der Waals surface area contributed by atoms with Gasteiger partial charge in [0.25, 0.3) is 0 Å². The zero-order chi connectivity index (χ0) is 18.4. The Balaban J connectivity index is 1.57. The van der Waals surface area contributed by atoms with E-state index in [2.05, 4.69) is 24.4 Å². The van der Waals surface area contributed by atoms with Crippen LogP contribution in [-0.4, -0.2) is 17.4 Å². The summed E-state index contributed by atoms with van der Waals surface area (Å²) in [6, 6.07) is 15.5. The number of fused-ring (bicyclic) bond motifs is 1. The number of carbonyl (C=O) groups is 2. The quantitative estimate of drug-likeness (QED) is 0.530. The summed E-state index contributed by atoms with van der Waals surface area (Å²) >= 11 is 1.57. The number of amides is 1. The van der Waals surface area contributed by atoms with E-state index in [1.54, 1.807) is 17.8 Å². The van der Waals surface area contributed by atoms with Crippen LogP contribution in [0, 0.1) is 5.92 Å². The normalized spacial score (nSPS) is 16.2. The first kappa shape index (κ1) is 18.7. The van der Waals surface area contributed by atoms with Gasteiger partial charge in [0, 0.05) is 21.9 Å². The van der Waals surface area contributed by atoms with E-state index < -0.39 is 5.92 Å². The third kappa shape index (κ3) is 4.55. The number of unbranched alkanes of at least 4 members (excludes halogenated alkanes) is 3. The highest BCUT2D eigenvalue weighted by Crippen LogP contribution is 2.33. The highest BCUT2D eigenvalue weighted by atomic mass is 32.2. The van der Waals surface area contributed by atoms with Gasteiger partial charge < -0.3 is 5.32 Å². The molecule has 1 atom stereocenters. The summed E-state index contributed by atoms with van der Waals surface area (Å²) in [4.78, 5) is 26.1. The van der Waals surface area contributed by atoms with Crippen LogP contribution in [0.4, 0.5) is 5.69 Å². The van der Waals surface area contributed by atoms with Gasteiger partial charge in [0.05, 0.1) is 0 Å². The Morgan fingerprint density at radius 2 is 1.85 bits per heavy atom. The molecule has 2 aromatic rings. The van der Waals surface area contributed by atoms with Gasteiger partial charge in [0.1, 0.15) is 5.92 Å². The number of hydrogen-bond acceptors (Lipinski definition) is 3. The third-order valence-corrected chi connectivity index (χ3v) is 5.90. The molecule has 0 fully saturated rings. The number of benzene rings is 2. The van der Waals surface area contributed by atoms with Crippen LogP contribution in [0.3, 0.4) is 0 Å². The molecule has 1 unspecified atom stereocenters. The minimum atomic E-state index is -0.622. The highest BCUT2D eigenvalue weighted by molar-refractivity contribution is 7.99. The molecule has 0 aliphatic carbocycles. The first-order valence-electron chi connectivity index (χ1n) is 9.35. The topological polar surface area (TPSA) is 46.2 Å². The summed E-state index contributed by atoms with van der Waals surface area (Å²) in [5, 5.41) is 2.90. The summed E-state index contributed by atoms with van der Waals surface area (Å²) in [7, 11) is 0. The van der Waals surface area contributed by atoms with Gasteiger partial charge in [0.15, 0.2) is 5.78 Å². The second kappa shape index (κ2) is 9.04. The Morgan fingerprint density at radius 3 is 2.62 bits per heavy atom. The zero-order valence-corrected chi connectivity index (χ0v) is 16.0. The summed E-state index contributed by atoms with van der Waals surface area (Å²) < 4.78 is 0. The van der Waals surface area contributed by atoms with Crippen molar-refractivity contribution >= 4 is 29.1 Å². The van der Waals surface area contributed by atoms with Gasteiger partial charge in [0.2, 0.25) is 5.91 Å². The molecule has 0 spiro atoms. The number of nitrogens with one attached hydrogen (secondary N) is 1. The molecule has 3 rings (SSSR count). The maximum absolute atomic E-state index is 12.6. The predicted molar refractivity (Wildman–Crippen MR) is 108 cm³/mol. The lowest BCUT2D eigenvalue weighted by Crippen LogP contribution is -2.34. The van der Waals surface area contributed by atoms with Crippen LogP contribution >= 0.6 is 11.8 Å². The number of rotatable bonds is 7. The number of hydrogen-bond donors (Lipinski definition) is 1. The fourth-order valence-corrected chi connectivity index (χ4v) is 4.32. The summed E-state index contributed by atoms with van der Waals surface area (Å²) in [6.07, 6.45) is 6.06. The van der Waals surface area contributed by atoms with Gasteiger partial charge >= 0.3 is 0 Å². The van der Waals surface area contributed by atoms with Crippen LogP contribution in [0.2, 0.25) is 0 Å². The van der Waals surface area contributed by atoms with Crippen LogP contribution in [0.1, 0.15) is 48.5 Å². The van der Waals surface area contributed by atoms with Gasteiger partial charge in [-0.25, -0.2) is 0 Å². The standard InChI is InChI=1S/C22H25NO2S/c1-2-3-4-5-8-16-11-13-17(14-12-16)23-22(25)19-15-26-20-10-7-6-9-18(20)21(19)24/h6-7,9-14,19H,2-5,8,15H2,1H3,(H,23,25). The van der Waals surface area contributed by atoms with Gasteiger partial charge in [-0.1, -0.05) is 56.5 Å². The molecular weight excluding hydrogens is 342 g/mol. The second-order valence-electron chi connectivity index (χ2n) is 6.72. The number of anilines is 1. The average molecular weight is 368 g/mol. The van der Waals surface area contributed by atoms with Crippen molar-refractivity contribution in [3.8, 4) is 0 Å². The van der Waals surface area contributed by atoms with E-state index in [-0.39, 0.29) is 11.7 Å². The van der Waals surface area contributed by atoms with Crippen molar-refractivity contribution in [1.82, 2.24) is 0 Å². The van der Waals surface area contributed by atoms with Gasteiger partial charge in [-0.15, -0.1) is 11.8 Å². The third-order valence-electron chi connectivity index (χ3n) is 4.73. The molecule has 136 valence electrons. The average Bonchev–Trinajstić information content (AvgIpc) is 2.67. The van der Waals surface area contributed by atoms with Crippen LogP contribution in [0.15, 0.2) is 53.4 Å². The minimum Gasteiger partial charge on any atom is -0.325 e. The number of aryl methyl sites for hydroxylation is 1. The van der Waals surface area contributed by atoms with Crippen molar-refractivity contribution in [2.24, 2.45) is 5.92 Å². The molecule has 1 aliphatic rings. The molecule has 3 nitrogen and oxygen atoms in total. The maximum atomic E-state index is 12.6. The Labute approximate surface area is 159 Å². The number of Topliss-reactive ketones (excluding diaryl/α,β-unsaturated/α-hetero) is 1. The Hall–Kier alpha value is -2.07. The first-order chi connectivity index (χ1) is 12.7. The zero-order valence-electron chi connectivity index (χ0n) is 15.2. The molecular formula is C22H25NO2S. The summed E-state index contributed by atoms with van der Waals surface area (Å²) in [5.41, 5.74) is 2.70. The molecule has 1 N–H and O–H groups in total.